The van der Waals surface area contributed by atoms with Gasteiger partial charge < -0.3 is 0 Å². The second kappa shape index (κ2) is 17.2. The molecule has 0 unspecified atom stereocenters. The van der Waals surface area contributed by atoms with Gasteiger partial charge in [0.15, 0.2) is 0 Å². The highest BCUT2D eigenvalue weighted by Crippen LogP contribution is 2.39. The third-order valence-corrected chi connectivity index (χ3v) is 10.3. The molecule has 40 heavy (non-hydrogen) atoms. The Bertz CT molecular complexity index is 875. The maximum atomic E-state index is 12.5. The van der Waals surface area contributed by atoms with Crippen LogP contribution in [-0.2, 0) is 17.6 Å². The molecule has 0 N–H and O–H groups in total. The smallest absolute Gasteiger partial charge is 0.132 e. The van der Waals surface area contributed by atoms with Crippen LogP contribution in [0.4, 0.5) is 0 Å². The topological polar surface area (TPSA) is 17.1 Å². The first kappa shape index (κ1) is 31.1. The van der Waals surface area contributed by atoms with Crippen molar-refractivity contribution in [3.8, 4) is 0 Å². The van der Waals surface area contributed by atoms with E-state index >= 15 is 0 Å². The zero-order chi connectivity index (χ0) is 28.0. The molecule has 2 aromatic carbocycles. The molecule has 220 valence electrons. The van der Waals surface area contributed by atoms with E-state index in [-0.39, 0.29) is 0 Å². The second-order valence-electron chi connectivity index (χ2n) is 13.4. The standard InChI is InChI=1S/C39H58O/c1-3-9-31-15-23-35(24-16-31)37-27-19-33(20-28-37)11-5-7-13-39(40)14-8-6-12-34-21-29-38(30-22-34)36-25-17-32(10-4-2)18-26-36/h15-18,23-26,33-34,37-38H,3-14,19-22,27-30H2,1-2H3/t33-,34?,37-,38?. The normalized spacial score (nSPS) is 23.2. The van der Waals surface area contributed by atoms with E-state index in [0.29, 0.717) is 5.78 Å². The Kier molecular flexibility index (Phi) is 13.3. The zero-order valence-electron chi connectivity index (χ0n) is 26.0. The number of carbonyl (C=O) groups is 1. The van der Waals surface area contributed by atoms with Crippen LogP contribution < -0.4 is 0 Å². The highest BCUT2D eigenvalue weighted by Gasteiger charge is 2.23. The molecule has 2 saturated carbocycles. The average molecular weight is 543 g/mol. The Morgan fingerprint density at radius 2 is 0.925 bits per heavy atom. The first-order chi connectivity index (χ1) is 19.6. The molecule has 0 bridgehead atoms. The quantitative estimate of drug-likeness (QED) is 0.193. The molecule has 0 atom stereocenters. The van der Waals surface area contributed by atoms with Gasteiger partial charge in [-0.15, -0.1) is 0 Å². The van der Waals surface area contributed by atoms with Gasteiger partial charge in [-0.1, -0.05) is 101 Å². The number of hydrogen-bond acceptors (Lipinski definition) is 1. The molecule has 0 aromatic heterocycles. The van der Waals surface area contributed by atoms with E-state index in [1.165, 1.54) is 114 Å². The summed E-state index contributed by atoms with van der Waals surface area (Å²) in [6.45, 7) is 4.51. The van der Waals surface area contributed by atoms with E-state index in [9.17, 15) is 4.79 Å². The molecule has 1 nitrogen and oxygen atoms in total. The van der Waals surface area contributed by atoms with Crippen molar-refractivity contribution in [2.24, 2.45) is 11.8 Å². The van der Waals surface area contributed by atoms with E-state index in [2.05, 4.69) is 62.4 Å². The van der Waals surface area contributed by atoms with Gasteiger partial charge >= 0.3 is 0 Å². The fraction of sp³-hybridized carbons (Fsp3) is 0.667. The highest BCUT2D eigenvalue weighted by molar-refractivity contribution is 5.78. The van der Waals surface area contributed by atoms with Gasteiger partial charge in [0.2, 0.25) is 0 Å². The molecule has 0 saturated heterocycles. The van der Waals surface area contributed by atoms with Crippen LogP contribution in [0.5, 0.6) is 0 Å². The number of ketones is 1. The van der Waals surface area contributed by atoms with Crippen LogP contribution in [0.3, 0.4) is 0 Å². The fourth-order valence-corrected chi connectivity index (χ4v) is 7.69. The summed E-state index contributed by atoms with van der Waals surface area (Å²) in [4.78, 5) is 12.5. The summed E-state index contributed by atoms with van der Waals surface area (Å²) < 4.78 is 0. The number of carbonyl (C=O) groups excluding carboxylic acids is 1. The van der Waals surface area contributed by atoms with Crippen LogP contribution in [0.15, 0.2) is 48.5 Å². The number of rotatable bonds is 16. The van der Waals surface area contributed by atoms with Crippen molar-refractivity contribution in [1.82, 2.24) is 0 Å². The molecule has 2 fully saturated rings. The summed E-state index contributed by atoms with van der Waals surface area (Å²) >= 11 is 0. The molecule has 2 aromatic rings. The van der Waals surface area contributed by atoms with Gasteiger partial charge in [0.1, 0.15) is 5.78 Å². The predicted octanol–water partition coefficient (Wildman–Crippen LogP) is 11.5. The van der Waals surface area contributed by atoms with Crippen LogP contribution in [0.25, 0.3) is 0 Å². The van der Waals surface area contributed by atoms with E-state index in [0.717, 1.165) is 49.4 Å². The van der Waals surface area contributed by atoms with Gasteiger partial charge in [-0.25, -0.2) is 0 Å². The lowest BCUT2D eigenvalue weighted by molar-refractivity contribution is -0.119. The molecule has 0 aliphatic heterocycles. The molecule has 0 amide bonds. The Morgan fingerprint density at radius 3 is 1.27 bits per heavy atom. The number of aryl methyl sites for hydroxylation is 2. The van der Waals surface area contributed by atoms with Crippen LogP contribution in [0.2, 0.25) is 0 Å². The molecule has 1 heteroatoms. The van der Waals surface area contributed by atoms with Gasteiger partial charge in [0.25, 0.3) is 0 Å². The molecule has 2 aliphatic carbocycles. The van der Waals surface area contributed by atoms with Gasteiger partial charge in [0, 0.05) is 12.8 Å². The summed E-state index contributed by atoms with van der Waals surface area (Å²) in [5, 5.41) is 0. The van der Waals surface area contributed by atoms with E-state index in [1.54, 1.807) is 11.1 Å². The Hall–Kier alpha value is -1.89. The third kappa shape index (κ3) is 10.2. The Morgan fingerprint density at radius 1 is 0.550 bits per heavy atom. The maximum absolute atomic E-state index is 12.5. The molecule has 0 radical (unpaired) electrons. The van der Waals surface area contributed by atoms with E-state index < -0.39 is 0 Å². The minimum absolute atomic E-state index is 0.519. The number of unbranched alkanes of at least 4 members (excludes halogenated alkanes) is 2. The number of hydrogen-bond donors (Lipinski definition) is 0. The van der Waals surface area contributed by atoms with E-state index in [4.69, 9.17) is 0 Å². The average Bonchev–Trinajstić information content (AvgIpc) is 2.99. The molecular formula is C39H58O. The van der Waals surface area contributed by atoms with Crippen molar-refractivity contribution in [2.45, 2.75) is 154 Å². The molecule has 4 rings (SSSR count). The van der Waals surface area contributed by atoms with E-state index in [1.807, 2.05) is 0 Å². The van der Waals surface area contributed by atoms with Crippen molar-refractivity contribution < 1.29 is 4.79 Å². The van der Waals surface area contributed by atoms with Gasteiger partial charge in [-0.2, -0.15) is 0 Å². The summed E-state index contributed by atoms with van der Waals surface area (Å²) in [6.07, 6.45) is 24.8. The van der Waals surface area contributed by atoms with Crippen molar-refractivity contribution in [3.05, 3.63) is 70.8 Å². The summed E-state index contributed by atoms with van der Waals surface area (Å²) in [6, 6.07) is 19.0. The van der Waals surface area contributed by atoms with Gasteiger partial charge in [0.05, 0.1) is 0 Å². The van der Waals surface area contributed by atoms with Crippen molar-refractivity contribution >= 4 is 5.78 Å². The largest absolute Gasteiger partial charge is 0.300 e. The van der Waals surface area contributed by atoms with Gasteiger partial charge in [-0.05, 0) is 123 Å². The second-order valence-corrected chi connectivity index (χ2v) is 13.4. The van der Waals surface area contributed by atoms with Crippen LogP contribution in [-0.4, -0.2) is 5.78 Å². The zero-order valence-corrected chi connectivity index (χ0v) is 26.0. The fourth-order valence-electron chi connectivity index (χ4n) is 7.69. The van der Waals surface area contributed by atoms with Crippen LogP contribution in [0, 0.1) is 11.8 Å². The first-order valence-electron chi connectivity index (χ1n) is 17.3. The number of benzene rings is 2. The SMILES string of the molecule is CCCc1ccc(C2CCC(CCCCC(=O)CCCC[C@H]3CC[C@H](c4ccc(CCC)cc4)CC3)CC2)cc1. The van der Waals surface area contributed by atoms with Crippen molar-refractivity contribution in [2.75, 3.05) is 0 Å². The molecular weight excluding hydrogens is 484 g/mol. The Labute approximate surface area is 246 Å². The summed E-state index contributed by atoms with van der Waals surface area (Å²) in [5.41, 5.74) is 6.09. The third-order valence-electron chi connectivity index (χ3n) is 10.3. The summed E-state index contributed by atoms with van der Waals surface area (Å²) in [7, 11) is 0. The summed E-state index contributed by atoms with van der Waals surface area (Å²) in [5.74, 6) is 3.84. The molecule has 2 aliphatic rings. The monoisotopic (exact) mass is 542 g/mol. The van der Waals surface area contributed by atoms with Crippen molar-refractivity contribution in [3.63, 3.8) is 0 Å². The first-order valence-corrected chi connectivity index (χ1v) is 17.3. The highest BCUT2D eigenvalue weighted by atomic mass is 16.1. The lowest BCUT2D eigenvalue weighted by Crippen LogP contribution is -2.13. The lowest BCUT2D eigenvalue weighted by Gasteiger charge is -2.29. The van der Waals surface area contributed by atoms with Crippen LogP contribution >= 0.6 is 0 Å². The van der Waals surface area contributed by atoms with Crippen molar-refractivity contribution in [1.29, 1.82) is 0 Å². The Balaban J connectivity index is 0.994. The lowest BCUT2D eigenvalue weighted by atomic mass is 9.77. The van der Waals surface area contributed by atoms with Crippen LogP contribution in [0.1, 0.15) is 164 Å². The minimum Gasteiger partial charge on any atom is -0.300 e. The van der Waals surface area contributed by atoms with Gasteiger partial charge in [-0.3, -0.25) is 4.79 Å². The minimum atomic E-state index is 0.519. The predicted molar refractivity (Wildman–Crippen MR) is 172 cm³/mol. The number of Topliss-reactive ketones (excluding diaryl/α,β-unsaturated/α-hetero) is 1. The molecule has 0 heterocycles. The molecule has 0 spiro atoms. The maximum Gasteiger partial charge on any atom is 0.132 e.